The number of anilines is 2. The molecule has 31 nitrogen and oxygen atoms in total. The monoisotopic (exact) mass is 1660 g/mol. The van der Waals surface area contributed by atoms with E-state index in [2.05, 4.69) is 45.4 Å². The first kappa shape index (κ1) is 92.3. The topological polar surface area (TPSA) is 401 Å². The van der Waals surface area contributed by atoms with Crippen molar-refractivity contribution in [3.8, 4) is 22.5 Å². The number of hydrogen-bond donors (Lipinski definition) is 6. The van der Waals surface area contributed by atoms with E-state index in [4.69, 9.17) is 57.8 Å². The van der Waals surface area contributed by atoms with Gasteiger partial charge in [0, 0.05) is 84.9 Å². The normalized spacial score (nSPS) is 22.4. The van der Waals surface area contributed by atoms with Crippen molar-refractivity contribution in [3.05, 3.63) is 108 Å². The summed E-state index contributed by atoms with van der Waals surface area (Å²) in [5.41, 5.74) is 9.10. The number of urea groups is 1. The van der Waals surface area contributed by atoms with Gasteiger partial charge >= 0.3 is 18.0 Å². The third kappa shape index (κ3) is 24.6. The Balaban J connectivity index is 0.566. The number of allylic oxidation sites excluding steroid dienone is 4. The second-order valence-corrected chi connectivity index (χ2v) is 32.1. The number of nitrogens with zero attached hydrogens (tertiary/aromatic N) is 4. The van der Waals surface area contributed by atoms with Gasteiger partial charge in [0.1, 0.15) is 12.3 Å². The third-order valence-electron chi connectivity index (χ3n) is 23.6. The van der Waals surface area contributed by atoms with Crippen LogP contribution in [0.4, 0.5) is 16.2 Å². The molecule has 3 heterocycles. The number of nitrogens with two attached hydrogens (primary N) is 1. The van der Waals surface area contributed by atoms with E-state index < -0.39 is 89.1 Å². The summed E-state index contributed by atoms with van der Waals surface area (Å²) < 4.78 is 65.7. The molecule has 4 fully saturated rings. The van der Waals surface area contributed by atoms with Crippen LogP contribution in [0.2, 0.25) is 0 Å². The fourth-order valence-electron chi connectivity index (χ4n) is 17.6. The zero-order valence-corrected chi connectivity index (χ0v) is 69.7. The Morgan fingerprint density at radius 3 is 2.05 bits per heavy atom. The Hall–Kier alpha value is -9.02. The number of esters is 2. The minimum absolute atomic E-state index is 0.00920. The molecule has 119 heavy (non-hydrogen) atoms. The minimum Gasteiger partial charge on any atom is -0.461 e. The van der Waals surface area contributed by atoms with Crippen molar-refractivity contribution in [1.82, 2.24) is 30.9 Å². The highest BCUT2D eigenvalue weighted by atomic mass is 16.7. The largest absolute Gasteiger partial charge is 0.461 e. The van der Waals surface area contributed by atoms with E-state index in [-0.39, 0.29) is 178 Å². The summed E-state index contributed by atoms with van der Waals surface area (Å²) in [6.07, 6.45) is 8.25. The molecule has 31 heteroatoms. The van der Waals surface area contributed by atoms with Crippen molar-refractivity contribution < 1.29 is 105 Å². The van der Waals surface area contributed by atoms with Crippen LogP contribution >= 0.6 is 0 Å². The van der Waals surface area contributed by atoms with Gasteiger partial charge in [-0.15, -0.1) is 5.10 Å². The average molecular weight is 1660 g/mol. The van der Waals surface area contributed by atoms with Crippen LogP contribution in [0.25, 0.3) is 22.5 Å². The van der Waals surface area contributed by atoms with Crippen LogP contribution < -0.4 is 31.9 Å². The maximum atomic E-state index is 14.6. The fraction of sp³-hybridized carbons (Fsp3) is 0.614. The van der Waals surface area contributed by atoms with Crippen LogP contribution in [0.5, 0.6) is 0 Å². The Kier molecular flexibility index (Phi) is 35.3. The average Bonchev–Trinajstić information content (AvgIpc) is 1.52. The molecule has 3 aromatic carbocycles. The number of carbonyl (C=O) groups excluding carboxylic acids is 10. The Morgan fingerprint density at radius 2 is 1.36 bits per heavy atom. The van der Waals surface area contributed by atoms with Gasteiger partial charge in [-0.2, -0.15) is 0 Å². The van der Waals surface area contributed by atoms with Crippen LogP contribution in [0.1, 0.15) is 155 Å². The summed E-state index contributed by atoms with van der Waals surface area (Å²) in [6.45, 7) is 17.1. The molecule has 4 aromatic rings. The van der Waals surface area contributed by atoms with Gasteiger partial charge in [-0.25, -0.2) is 9.48 Å². The highest BCUT2D eigenvalue weighted by Crippen LogP contribution is 2.70. The van der Waals surface area contributed by atoms with Crippen LogP contribution in [0.3, 0.4) is 0 Å². The lowest BCUT2D eigenvalue weighted by Gasteiger charge is -2.59. The maximum Gasteiger partial charge on any atom is 0.312 e. The van der Waals surface area contributed by atoms with Crippen LogP contribution in [0, 0.1) is 40.4 Å². The Morgan fingerprint density at radius 1 is 0.706 bits per heavy atom. The van der Waals surface area contributed by atoms with E-state index in [0.717, 1.165) is 60.2 Å². The molecule has 4 aliphatic carbocycles. The molecule has 0 spiro atoms. The molecule has 7 N–H and O–H groups in total. The fourth-order valence-corrected chi connectivity index (χ4v) is 17.6. The van der Waals surface area contributed by atoms with Crippen molar-refractivity contribution >= 4 is 70.3 Å². The number of nitrogens with one attached hydrogen (secondary N) is 4. The van der Waals surface area contributed by atoms with Crippen LogP contribution in [-0.4, -0.2) is 221 Å². The number of ether oxygens (including phenoxy) is 11. The molecule has 3 saturated carbocycles. The quantitative estimate of drug-likeness (QED) is 0.0178. The highest BCUT2D eigenvalue weighted by Gasteiger charge is 2.76. The lowest BCUT2D eigenvalue weighted by molar-refractivity contribution is -0.201. The van der Waals surface area contributed by atoms with Crippen molar-refractivity contribution in [2.75, 3.05) is 122 Å². The molecular formula is C88H121N9O22. The molecule has 10 rings (SSSR count). The Bertz CT molecular complexity index is 4150. The van der Waals surface area contributed by atoms with E-state index in [1.54, 1.807) is 55.2 Å². The Labute approximate surface area is 696 Å². The second-order valence-electron chi connectivity index (χ2n) is 32.1. The number of hydrogen-bond acceptors (Lipinski definition) is 24. The second kappa shape index (κ2) is 45.6. The number of benzene rings is 3. The molecular weight excluding hydrogens is 1540 g/mol. The number of carbonyl (C=O) groups is 10. The zero-order chi connectivity index (χ0) is 84.9. The van der Waals surface area contributed by atoms with Crippen LogP contribution in [-0.2, 0) is 115 Å². The molecule has 1 aromatic heterocycles. The molecule has 11 atom stereocenters. The number of rotatable bonds is 51. The maximum absolute atomic E-state index is 14.6. The SMILES string of the molecule is CCCCOCCOCCOCCn1nnc2c1-c1ccccc1CN(C(=O)CCC(=O)NCCOCCOCCOCCOCCC(=O)N[C@H](C(=O)C[C@@H](CCCNC(N)=O)C(=O)Nc1ccc(COC(=O)CCC(=O)OCC(=O)[C@@]34OC(CCC)O[C@@H]3C[C@H]3[C@@H]5CCC6=CC(=O)C=C[C@]6(C)[C@H]5[C@@H](O)C[C@@]34C)cc1)C(C)C)c1ccccc1-2. The van der Waals surface area contributed by atoms with E-state index >= 15 is 0 Å². The highest BCUT2D eigenvalue weighted by molar-refractivity contribution is 6.02. The number of primary amides is 1. The predicted molar refractivity (Wildman–Crippen MR) is 437 cm³/mol. The van der Waals surface area contributed by atoms with Crippen molar-refractivity contribution in [2.45, 2.75) is 194 Å². The minimum atomic E-state index is -1.48. The first-order valence-electron chi connectivity index (χ1n) is 42.3. The molecule has 2 aliphatic heterocycles. The molecule has 6 aliphatic rings. The summed E-state index contributed by atoms with van der Waals surface area (Å²) in [6, 6.07) is 20.3. The smallest absolute Gasteiger partial charge is 0.312 e. The number of unbranched alkanes of at least 4 members (excludes halogenated alkanes) is 1. The number of para-hydroxylation sites is 1. The number of ketones is 3. The predicted octanol–water partition coefficient (Wildman–Crippen LogP) is 8.57. The summed E-state index contributed by atoms with van der Waals surface area (Å²) >= 11 is 0. The lowest BCUT2D eigenvalue weighted by atomic mass is 9.46. The van der Waals surface area contributed by atoms with Crippen molar-refractivity contribution in [3.63, 3.8) is 0 Å². The third-order valence-corrected chi connectivity index (χ3v) is 23.6. The number of aromatic nitrogens is 3. The molecule has 0 radical (unpaired) electrons. The lowest BCUT2D eigenvalue weighted by Crippen LogP contribution is -2.63. The molecule has 650 valence electrons. The van der Waals surface area contributed by atoms with E-state index in [9.17, 15) is 53.1 Å². The van der Waals surface area contributed by atoms with Gasteiger partial charge in [-0.05, 0) is 111 Å². The van der Waals surface area contributed by atoms with Gasteiger partial charge in [0.2, 0.25) is 29.4 Å². The van der Waals surface area contributed by atoms with Crippen LogP contribution in [0.15, 0.2) is 96.6 Å². The number of amides is 6. The standard InChI is InChI=1S/C88H121N9O22/c1-7-9-37-109-41-45-113-48-44-112-40-36-97-83-65-18-11-10-16-61(65)55-96(69-20-13-12-19-67(69)82(83)94-95-97)76(104)28-27-74(102)90-35-39-111-43-47-115-50-49-114-46-42-110-38-32-75(103)93-81(58(3)4)70(99)51-60(17-14-34-91-85(89)108)84(107)92-63-24-21-59(22-25-63)56-116-77(105)29-30-78(106)117-57-72(101)88-73(118-79(119-88)15-8-2)53-68-66-26-23-62-52-64(98)31-33-86(62,5)80(66)71(100)54-87(68,88)6/h10-13,16,18-22,24-25,31,33,52,58,60,66,68,71,73,79-81,100H,7-9,14-15,17,23,26-30,32,34-51,53-57H2,1-6H3,(H,90,102)(H,92,107)(H,93,103)(H3,89,91,108)/t60-,66+,68+,71+,73-,79?,80-,81+,86+,87+,88-/m1/s1. The molecule has 1 saturated heterocycles. The van der Waals surface area contributed by atoms with E-state index in [1.807, 2.05) is 73.1 Å². The zero-order valence-electron chi connectivity index (χ0n) is 69.7. The van der Waals surface area contributed by atoms with Gasteiger partial charge < -0.3 is 89.1 Å². The van der Waals surface area contributed by atoms with E-state index in [1.165, 1.54) is 0 Å². The summed E-state index contributed by atoms with van der Waals surface area (Å²) in [4.78, 5) is 134. The first-order valence-corrected chi connectivity index (χ1v) is 42.3. The molecule has 0 bridgehead atoms. The van der Waals surface area contributed by atoms with Gasteiger partial charge in [0.25, 0.3) is 0 Å². The molecule has 1 unspecified atom stereocenters. The number of Topliss-reactive ketones (excluding diaryl/α,β-unsaturated/α-hetero) is 2. The van der Waals surface area contributed by atoms with Gasteiger partial charge in [0.15, 0.2) is 30.1 Å². The van der Waals surface area contributed by atoms with E-state index in [0.29, 0.717) is 87.9 Å². The molecule has 6 amide bonds. The van der Waals surface area contributed by atoms with Crippen molar-refractivity contribution in [1.29, 1.82) is 0 Å². The summed E-state index contributed by atoms with van der Waals surface area (Å²) in [5.74, 6) is -5.18. The number of aliphatic hydroxyl groups excluding tert-OH is 1. The van der Waals surface area contributed by atoms with Crippen molar-refractivity contribution in [2.24, 2.45) is 46.2 Å². The number of fused-ring (bicyclic) bond motifs is 12. The summed E-state index contributed by atoms with van der Waals surface area (Å²) in [5, 5.41) is 32.2. The first-order chi connectivity index (χ1) is 57.5. The van der Waals surface area contributed by atoms with Gasteiger partial charge in [-0.3, -0.25) is 43.2 Å². The van der Waals surface area contributed by atoms with Gasteiger partial charge in [-0.1, -0.05) is 126 Å². The number of aliphatic hydroxyl groups is 1. The van der Waals surface area contributed by atoms with Gasteiger partial charge in [0.05, 0.1) is 141 Å². The summed E-state index contributed by atoms with van der Waals surface area (Å²) in [7, 11) is 0.